The number of pyridine rings is 1. The van der Waals surface area contributed by atoms with E-state index in [-0.39, 0.29) is 0 Å². The van der Waals surface area contributed by atoms with Crippen LogP contribution in [0.2, 0.25) is 0 Å². The lowest BCUT2D eigenvalue weighted by Gasteiger charge is -2.29. The molecule has 0 aromatic carbocycles. The molecule has 0 aliphatic rings. The fraction of sp³-hybridized carbons (Fsp3) is 0.615. The van der Waals surface area contributed by atoms with Crippen molar-refractivity contribution in [2.24, 2.45) is 0 Å². The third kappa shape index (κ3) is 4.29. The highest BCUT2D eigenvalue weighted by molar-refractivity contribution is 5.09. The Hall–Kier alpha value is -0.930. The molecule has 1 aromatic rings. The van der Waals surface area contributed by atoms with Crippen molar-refractivity contribution in [2.45, 2.75) is 46.2 Å². The van der Waals surface area contributed by atoms with Crippen molar-refractivity contribution >= 4 is 0 Å². The Morgan fingerprint density at radius 1 is 1.12 bits per heavy atom. The van der Waals surface area contributed by atoms with Gasteiger partial charge in [-0.15, -0.1) is 0 Å². The van der Waals surface area contributed by atoms with Crippen LogP contribution in [-0.2, 0) is 11.3 Å². The van der Waals surface area contributed by atoms with Gasteiger partial charge in [-0.05, 0) is 51.8 Å². The van der Waals surface area contributed by atoms with Gasteiger partial charge >= 0.3 is 0 Å². The molecular weight excluding hydrogens is 200 g/mol. The number of hydrogen-bond donors (Lipinski definition) is 0. The average molecular weight is 222 g/mol. The Bertz CT molecular complexity index is 277. The third-order valence-electron chi connectivity index (χ3n) is 2.40. The molecule has 0 radical (unpaired) electrons. The van der Waals surface area contributed by atoms with E-state index < -0.39 is 0 Å². The van der Waals surface area contributed by atoms with Crippen molar-refractivity contribution in [1.82, 2.24) is 10.0 Å². The molecular formula is C13H22N2O. The maximum atomic E-state index is 5.78. The molecule has 0 saturated heterocycles. The molecule has 0 aliphatic carbocycles. The highest BCUT2D eigenvalue weighted by Gasteiger charge is 2.13. The largest absolute Gasteiger partial charge is 0.298 e. The molecule has 0 unspecified atom stereocenters. The zero-order valence-electron chi connectivity index (χ0n) is 10.7. The van der Waals surface area contributed by atoms with Crippen LogP contribution in [0.4, 0.5) is 0 Å². The van der Waals surface area contributed by atoms with Gasteiger partial charge in [0.2, 0.25) is 0 Å². The summed E-state index contributed by atoms with van der Waals surface area (Å²) >= 11 is 0. The second-order valence-corrected chi connectivity index (χ2v) is 4.49. The fourth-order valence-corrected chi connectivity index (χ4v) is 1.71. The number of aromatic nitrogens is 1. The second-order valence-electron chi connectivity index (χ2n) is 4.49. The second kappa shape index (κ2) is 6.61. The zero-order chi connectivity index (χ0) is 12.0. The summed E-state index contributed by atoms with van der Waals surface area (Å²) in [6, 6.07) is 4.88. The minimum atomic E-state index is 0.414. The average Bonchev–Trinajstić information content (AvgIpc) is 2.24. The Morgan fingerprint density at radius 2 is 1.69 bits per heavy atom. The summed E-state index contributed by atoms with van der Waals surface area (Å²) in [6.07, 6.45) is 4.56. The number of rotatable bonds is 6. The first-order valence-corrected chi connectivity index (χ1v) is 5.91. The molecule has 3 nitrogen and oxygen atoms in total. The molecule has 0 spiro atoms. The molecule has 0 aliphatic heterocycles. The highest BCUT2D eigenvalue weighted by atomic mass is 16.7. The van der Waals surface area contributed by atoms with Crippen molar-refractivity contribution in [1.29, 1.82) is 0 Å². The molecule has 1 rings (SSSR count). The van der Waals surface area contributed by atoms with Crippen molar-refractivity contribution in [3.63, 3.8) is 0 Å². The number of hydroxylamine groups is 2. The SMILES string of the molecule is CC(C)N(OCCc1ccncc1)C(C)C. The van der Waals surface area contributed by atoms with E-state index in [2.05, 4.69) is 32.7 Å². The molecule has 0 bridgehead atoms. The summed E-state index contributed by atoms with van der Waals surface area (Å²) in [4.78, 5) is 9.78. The Balaban J connectivity index is 2.34. The molecule has 90 valence electrons. The van der Waals surface area contributed by atoms with E-state index in [1.54, 1.807) is 0 Å². The molecule has 0 atom stereocenters. The minimum absolute atomic E-state index is 0.414. The molecule has 0 amide bonds. The molecule has 1 heterocycles. The van der Waals surface area contributed by atoms with Crippen LogP contribution < -0.4 is 0 Å². The topological polar surface area (TPSA) is 25.4 Å². The van der Waals surface area contributed by atoms with Gasteiger partial charge in [-0.25, -0.2) is 0 Å². The number of hydrogen-bond acceptors (Lipinski definition) is 3. The lowest BCUT2D eigenvalue weighted by atomic mass is 10.2. The van der Waals surface area contributed by atoms with Gasteiger partial charge in [-0.2, -0.15) is 5.06 Å². The first-order valence-electron chi connectivity index (χ1n) is 5.91. The van der Waals surface area contributed by atoms with Gasteiger partial charge < -0.3 is 0 Å². The van der Waals surface area contributed by atoms with Crippen LogP contribution in [0.25, 0.3) is 0 Å². The van der Waals surface area contributed by atoms with Crippen molar-refractivity contribution in [3.05, 3.63) is 30.1 Å². The summed E-state index contributed by atoms with van der Waals surface area (Å²) in [6.45, 7) is 9.30. The Kier molecular flexibility index (Phi) is 5.43. The zero-order valence-corrected chi connectivity index (χ0v) is 10.7. The molecule has 16 heavy (non-hydrogen) atoms. The summed E-state index contributed by atoms with van der Waals surface area (Å²) in [5.74, 6) is 0. The van der Waals surface area contributed by atoms with E-state index in [1.807, 2.05) is 29.6 Å². The maximum absolute atomic E-state index is 5.78. The van der Waals surface area contributed by atoms with E-state index in [1.165, 1.54) is 5.56 Å². The van der Waals surface area contributed by atoms with Gasteiger partial charge in [-0.1, -0.05) is 0 Å². The van der Waals surface area contributed by atoms with Crippen LogP contribution in [0, 0.1) is 0 Å². The first kappa shape index (κ1) is 13.1. The standard InChI is InChI=1S/C13H22N2O/c1-11(2)15(12(3)4)16-10-7-13-5-8-14-9-6-13/h5-6,8-9,11-12H,7,10H2,1-4H3. The van der Waals surface area contributed by atoms with Gasteiger partial charge in [0.15, 0.2) is 0 Å². The summed E-state index contributed by atoms with van der Waals surface area (Å²) in [5, 5.41) is 2.04. The predicted octanol–water partition coefficient (Wildman–Crippen LogP) is 2.67. The smallest absolute Gasteiger partial charge is 0.0725 e. The van der Waals surface area contributed by atoms with E-state index >= 15 is 0 Å². The Morgan fingerprint density at radius 3 is 2.19 bits per heavy atom. The summed E-state index contributed by atoms with van der Waals surface area (Å²) < 4.78 is 0. The highest BCUT2D eigenvalue weighted by Crippen LogP contribution is 2.07. The van der Waals surface area contributed by atoms with Crippen LogP contribution in [-0.4, -0.2) is 28.7 Å². The monoisotopic (exact) mass is 222 g/mol. The van der Waals surface area contributed by atoms with E-state index in [0.29, 0.717) is 12.1 Å². The van der Waals surface area contributed by atoms with Crippen LogP contribution in [0.3, 0.4) is 0 Å². The van der Waals surface area contributed by atoms with Crippen LogP contribution in [0.15, 0.2) is 24.5 Å². The third-order valence-corrected chi connectivity index (χ3v) is 2.40. The minimum Gasteiger partial charge on any atom is -0.298 e. The number of nitrogens with zero attached hydrogens (tertiary/aromatic N) is 2. The summed E-state index contributed by atoms with van der Waals surface area (Å²) in [5.41, 5.74) is 1.27. The fourth-order valence-electron chi connectivity index (χ4n) is 1.71. The molecule has 1 aromatic heterocycles. The normalized spacial score (nSPS) is 11.7. The van der Waals surface area contributed by atoms with Crippen LogP contribution >= 0.6 is 0 Å². The molecule has 0 fully saturated rings. The van der Waals surface area contributed by atoms with E-state index in [9.17, 15) is 0 Å². The van der Waals surface area contributed by atoms with Gasteiger partial charge in [0.1, 0.15) is 0 Å². The predicted molar refractivity (Wildman–Crippen MR) is 66.0 cm³/mol. The van der Waals surface area contributed by atoms with Gasteiger partial charge in [0.25, 0.3) is 0 Å². The molecule has 0 N–H and O–H groups in total. The summed E-state index contributed by atoms with van der Waals surface area (Å²) in [7, 11) is 0. The van der Waals surface area contributed by atoms with Gasteiger partial charge in [0.05, 0.1) is 6.61 Å². The van der Waals surface area contributed by atoms with Crippen molar-refractivity contribution < 1.29 is 4.84 Å². The van der Waals surface area contributed by atoms with Crippen LogP contribution in [0.5, 0.6) is 0 Å². The quantitative estimate of drug-likeness (QED) is 0.692. The lowest BCUT2D eigenvalue weighted by Crippen LogP contribution is -2.37. The maximum Gasteiger partial charge on any atom is 0.0725 e. The molecule has 3 heteroatoms. The Labute approximate surface area is 98.4 Å². The van der Waals surface area contributed by atoms with Crippen molar-refractivity contribution in [2.75, 3.05) is 6.61 Å². The van der Waals surface area contributed by atoms with Crippen LogP contribution in [0.1, 0.15) is 33.3 Å². The lowest BCUT2D eigenvalue weighted by molar-refractivity contribution is -0.198. The molecule has 0 saturated carbocycles. The first-order chi connectivity index (χ1) is 7.61. The van der Waals surface area contributed by atoms with E-state index in [0.717, 1.165) is 13.0 Å². The van der Waals surface area contributed by atoms with Gasteiger partial charge in [-0.3, -0.25) is 9.82 Å². The van der Waals surface area contributed by atoms with Crippen molar-refractivity contribution in [3.8, 4) is 0 Å². The van der Waals surface area contributed by atoms with Gasteiger partial charge in [0, 0.05) is 24.5 Å². The van der Waals surface area contributed by atoms with E-state index in [4.69, 9.17) is 4.84 Å².